The van der Waals surface area contributed by atoms with E-state index in [0.29, 0.717) is 12.5 Å². The number of nitrogens with two attached hydrogens (primary N) is 1. The predicted octanol–water partition coefficient (Wildman–Crippen LogP) is 2.92. The van der Waals surface area contributed by atoms with Gasteiger partial charge in [0, 0.05) is 11.6 Å². The number of aryl methyl sites for hydroxylation is 1. The smallest absolute Gasteiger partial charge is 0.227 e. The van der Waals surface area contributed by atoms with E-state index < -0.39 is 0 Å². The van der Waals surface area contributed by atoms with Crippen molar-refractivity contribution in [1.82, 2.24) is 4.98 Å². The first-order valence-corrected chi connectivity index (χ1v) is 7.87. The van der Waals surface area contributed by atoms with Gasteiger partial charge in [0.2, 0.25) is 5.91 Å². The average Bonchev–Trinajstić information content (AvgIpc) is 3.02. The molecular weight excluding hydrogens is 270 g/mol. The average molecular weight is 289 g/mol. The fraction of sp³-hybridized carbons (Fsp3) is 0.467. The largest absolute Gasteiger partial charge is 0.330 e. The third-order valence-corrected chi connectivity index (χ3v) is 5.00. The van der Waals surface area contributed by atoms with Crippen molar-refractivity contribution in [2.75, 3.05) is 11.9 Å². The second kappa shape index (κ2) is 5.50. The monoisotopic (exact) mass is 289 g/mol. The van der Waals surface area contributed by atoms with Crippen molar-refractivity contribution in [2.24, 2.45) is 17.6 Å². The number of aromatic nitrogens is 1. The Morgan fingerprint density at radius 2 is 2.35 bits per heavy atom. The first kappa shape index (κ1) is 13.5. The van der Waals surface area contributed by atoms with Crippen LogP contribution in [0.1, 0.15) is 24.3 Å². The SMILES string of the molecule is Cc1nc2ccc(NC(=O)[C@@H]3CCC[C@@H]3CN)cc2s1. The lowest BCUT2D eigenvalue weighted by Gasteiger charge is -2.17. The molecule has 1 aliphatic rings. The maximum atomic E-state index is 12.3. The highest BCUT2D eigenvalue weighted by atomic mass is 32.1. The number of benzene rings is 1. The first-order valence-electron chi connectivity index (χ1n) is 7.05. The van der Waals surface area contributed by atoms with Gasteiger partial charge in [0.25, 0.3) is 0 Å². The molecule has 3 N–H and O–H groups in total. The molecule has 2 aromatic rings. The molecule has 0 unspecified atom stereocenters. The van der Waals surface area contributed by atoms with Crippen molar-refractivity contribution >= 4 is 33.1 Å². The molecule has 1 fully saturated rings. The van der Waals surface area contributed by atoms with Crippen LogP contribution in [-0.2, 0) is 4.79 Å². The quantitative estimate of drug-likeness (QED) is 0.913. The maximum Gasteiger partial charge on any atom is 0.227 e. The third-order valence-electron chi connectivity index (χ3n) is 4.06. The topological polar surface area (TPSA) is 68.0 Å². The molecule has 106 valence electrons. The lowest BCUT2D eigenvalue weighted by molar-refractivity contribution is -0.120. The van der Waals surface area contributed by atoms with Crippen LogP contribution < -0.4 is 11.1 Å². The van der Waals surface area contributed by atoms with Crippen LogP contribution in [-0.4, -0.2) is 17.4 Å². The van der Waals surface area contributed by atoms with E-state index in [-0.39, 0.29) is 11.8 Å². The molecule has 20 heavy (non-hydrogen) atoms. The molecule has 0 radical (unpaired) electrons. The van der Waals surface area contributed by atoms with Crippen LogP contribution in [0.2, 0.25) is 0 Å². The summed E-state index contributed by atoms with van der Waals surface area (Å²) in [4.78, 5) is 16.8. The van der Waals surface area contributed by atoms with Gasteiger partial charge in [-0.15, -0.1) is 11.3 Å². The summed E-state index contributed by atoms with van der Waals surface area (Å²) in [6, 6.07) is 5.89. The number of rotatable bonds is 3. The number of nitrogens with one attached hydrogen (secondary N) is 1. The number of thiazole rings is 1. The summed E-state index contributed by atoms with van der Waals surface area (Å²) in [5, 5.41) is 4.08. The Labute approximate surface area is 122 Å². The summed E-state index contributed by atoms with van der Waals surface area (Å²) in [6.07, 6.45) is 3.13. The standard InChI is InChI=1S/C15H19N3OS/c1-9-17-13-6-5-11(7-14(13)20-9)18-15(19)12-4-2-3-10(12)8-16/h5-7,10,12H,2-4,8,16H2,1H3,(H,18,19)/t10-,12-/m1/s1. The minimum Gasteiger partial charge on any atom is -0.330 e. The Kier molecular flexibility index (Phi) is 3.72. The van der Waals surface area contributed by atoms with Crippen LogP contribution in [0.5, 0.6) is 0 Å². The van der Waals surface area contributed by atoms with Crippen LogP contribution in [0, 0.1) is 18.8 Å². The van der Waals surface area contributed by atoms with E-state index >= 15 is 0 Å². The van der Waals surface area contributed by atoms with E-state index in [1.165, 1.54) is 0 Å². The van der Waals surface area contributed by atoms with Gasteiger partial charge in [0.05, 0.1) is 15.2 Å². The Hall–Kier alpha value is -1.46. The van der Waals surface area contributed by atoms with Crippen molar-refractivity contribution in [3.63, 3.8) is 0 Å². The molecule has 1 aromatic heterocycles. The van der Waals surface area contributed by atoms with Gasteiger partial charge >= 0.3 is 0 Å². The minimum absolute atomic E-state index is 0.0684. The Balaban J connectivity index is 1.76. The molecule has 0 saturated heterocycles. The zero-order chi connectivity index (χ0) is 14.1. The van der Waals surface area contributed by atoms with Gasteiger partial charge in [-0.05, 0) is 50.4 Å². The van der Waals surface area contributed by atoms with Crippen molar-refractivity contribution < 1.29 is 4.79 Å². The van der Waals surface area contributed by atoms with Crippen molar-refractivity contribution in [3.8, 4) is 0 Å². The van der Waals surface area contributed by atoms with Gasteiger partial charge in [-0.1, -0.05) is 6.42 Å². The van der Waals surface area contributed by atoms with Crippen LogP contribution in [0.3, 0.4) is 0 Å². The number of carbonyl (C=O) groups is 1. The van der Waals surface area contributed by atoms with E-state index in [4.69, 9.17) is 5.73 Å². The number of hydrogen-bond acceptors (Lipinski definition) is 4. The molecule has 1 heterocycles. The lowest BCUT2D eigenvalue weighted by atomic mass is 9.95. The second-order valence-corrected chi connectivity index (χ2v) is 6.67. The summed E-state index contributed by atoms with van der Waals surface area (Å²) in [5.74, 6) is 0.516. The predicted molar refractivity (Wildman–Crippen MR) is 82.9 cm³/mol. The molecule has 1 aliphatic carbocycles. The van der Waals surface area contributed by atoms with Crippen LogP contribution in [0.25, 0.3) is 10.2 Å². The Morgan fingerprint density at radius 1 is 1.50 bits per heavy atom. The fourth-order valence-electron chi connectivity index (χ4n) is 3.02. The highest BCUT2D eigenvalue weighted by Gasteiger charge is 2.31. The molecule has 5 heteroatoms. The molecule has 1 amide bonds. The number of nitrogens with zero attached hydrogens (tertiary/aromatic N) is 1. The normalized spacial score (nSPS) is 22.3. The summed E-state index contributed by atoms with van der Waals surface area (Å²) in [5.41, 5.74) is 7.59. The van der Waals surface area contributed by atoms with Gasteiger partial charge in [-0.3, -0.25) is 4.79 Å². The minimum atomic E-state index is 0.0684. The van der Waals surface area contributed by atoms with Crippen molar-refractivity contribution in [1.29, 1.82) is 0 Å². The Bertz CT molecular complexity index is 637. The Morgan fingerprint density at radius 3 is 3.15 bits per heavy atom. The zero-order valence-corrected chi connectivity index (χ0v) is 12.4. The molecule has 1 aromatic carbocycles. The molecule has 1 saturated carbocycles. The van der Waals surface area contributed by atoms with Crippen molar-refractivity contribution in [3.05, 3.63) is 23.2 Å². The molecule has 4 nitrogen and oxygen atoms in total. The van der Waals surface area contributed by atoms with Gasteiger partial charge in [-0.2, -0.15) is 0 Å². The number of carbonyl (C=O) groups excluding carboxylic acids is 1. The zero-order valence-electron chi connectivity index (χ0n) is 11.6. The maximum absolute atomic E-state index is 12.3. The molecule has 3 rings (SSSR count). The van der Waals surface area contributed by atoms with Gasteiger partial charge in [0.15, 0.2) is 0 Å². The van der Waals surface area contributed by atoms with E-state index in [9.17, 15) is 4.79 Å². The van der Waals surface area contributed by atoms with Crippen LogP contribution >= 0.6 is 11.3 Å². The number of amides is 1. The number of hydrogen-bond donors (Lipinski definition) is 2. The van der Waals surface area contributed by atoms with E-state index in [0.717, 1.165) is 40.2 Å². The number of anilines is 1. The highest BCUT2D eigenvalue weighted by Crippen LogP contribution is 2.32. The third kappa shape index (κ3) is 2.55. The van der Waals surface area contributed by atoms with Gasteiger partial charge in [0.1, 0.15) is 0 Å². The van der Waals surface area contributed by atoms with E-state index in [1.54, 1.807) is 11.3 Å². The molecular formula is C15H19N3OS. The molecule has 0 spiro atoms. The summed E-state index contributed by atoms with van der Waals surface area (Å²) >= 11 is 1.65. The highest BCUT2D eigenvalue weighted by molar-refractivity contribution is 7.18. The van der Waals surface area contributed by atoms with E-state index in [1.807, 2.05) is 25.1 Å². The van der Waals surface area contributed by atoms with Crippen molar-refractivity contribution in [2.45, 2.75) is 26.2 Å². The van der Waals surface area contributed by atoms with Crippen LogP contribution in [0.15, 0.2) is 18.2 Å². The van der Waals surface area contributed by atoms with Gasteiger partial charge in [-0.25, -0.2) is 4.98 Å². The molecule has 0 bridgehead atoms. The van der Waals surface area contributed by atoms with E-state index in [2.05, 4.69) is 10.3 Å². The van der Waals surface area contributed by atoms with Crippen LogP contribution in [0.4, 0.5) is 5.69 Å². The summed E-state index contributed by atoms with van der Waals surface area (Å²) < 4.78 is 1.11. The second-order valence-electron chi connectivity index (χ2n) is 5.44. The first-order chi connectivity index (χ1) is 9.67. The fourth-order valence-corrected chi connectivity index (χ4v) is 3.88. The molecule has 0 aliphatic heterocycles. The lowest BCUT2D eigenvalue weighted by Crippen LogP contribution is -2.29. The summed E-state index contributed by atoms with van der Waals surface area (Å²) in [7, 11) is 0. The number of fused-ring (bicyclic) bond motifs is 1. The molecule has 2 atom stereocenters. The summed E-state index contributed by atoms with van der Waals surface area (Å²) in [6.45, 7) is 2.60. The van der Waals surface area contributed by atoms with Gasteiger partial charge < -0.3 is 11.1 Å².